The molecule has 4 heterocycles. The van der Waals surface area contributed by atoms with Gasteiger partial charge in [-0.2, -0.15) is 0 Å². The van der Waals surface area contributed by atoms with Crippen LogP contribution in [-0.4, -0.2) is 82.8 Å². The molecule has 9 nitrogen and oxygen atoms in total. The standard InChI is InChI=1S/C28H34N4O5S/c1-18(2)16-20(29-27(35)37-24-11-10-23(38-24)19-8-4-3-5-9-19)26(34)31-15-12-21-25(31)22(33)17-32(21)28(36)30-13-6-7-14-30/h3-5,8-11,18,20-21,25H,6-7,12-17H2,1-2H3,(H,29,35). The zero-order valence-electron chi connectivity index (χ0n) is 21.8. The van der Waals surface area contributed by atoms with Crippen molar-refractivity contribution in [2.75, 3.05) is 26.2 Å². The molecule has 3 saturated heterocycles. The van der Waals surface area contributed by atoms with Crippen LogP contribution in [-0.2, 0) is 9.59 Å². The molecule has 1 aromatic carbocycles. The Labute approximate surface area is 226 Å². The number of nitrogens with one attached hydrogen (secondary N) is 1. The highest BCUT2D eigenvalue weighted by Gasteiger charge is 2.53. The van der Waals surface area contributed by atoms with Gasteiger partial charge in [0.25, 0.3) is 0 Å². The monoisotopic (exact) mass is 538 g/mol. The number of thiophene rings is 1. The summed E-state index contributed by atoms with van der Waals surface area (Å²) >= 11 is 1.35. The Bertz CT molecular complexity index is 1190. The smallest absolute Gasteiger partial charge is 0.399 e. The third-order valence-corrected chi connectivity index (χ3v) is 8.47. The van der Waals surface area contributed by atoms with Crippen LogP contribution in [0.3, 0.4) is 0 Å². The fourth-order valence-corrected chi connectivity index (χ4v) is 6.57. The van der Waals surface area contributed by atoms with Gasteiger partial charge < -0.3 is 24.8 Å². The Hall–Kier alpha value is -3.40. The van der Waals surface area contributed by atoms with Crippen LogP contribution < -0.4 is 10.1 Å². The number of carbonyl (C=O) groups excluding carboxylic acids is 4. The number of nitrogens with zero attached hydrogens (tertiary/aromatic N) is 3. The Morgan fingerprint density at radius 3 is 2.47 bits per heavy atom. The number of ether oxygens (including phenoxy) is 1. The molecule has 1 N–H and O–H groups in total. The van der Waals surface area contributed by atoms with E-state index in [1.165, 1.54) is 11.3 Å². The molecule has 0 bridgehead atoms. The van der Waals surface area contributed by atoms with Crippen LogP contribution in [0.2, 0.25) is 0 Å². The number of amides is 4. The summed E-state index contributed by atoms with van der Waals surface area (Å²) in [5.41, 5.74) is 1.03. The number of hydrogen-bond donors (Lipinski definition) is 1. The number of fused-ring (bicyclic) bond motifs is 1. The van der Waals surface area contributed by atoms with Crippen LogP contribution in [0.25, 0.3) is 10.4 Å². The molecule has 4 amide bonds. The molecule has 0 aliphatic carbocycles. The SMILES string of the molecule is CC(C)CC(NC(=O)Oc1ccc(-c2ccccc2)s1)C(=O)N1CCC2C1C(=O)CN2C(=O)N1CCCC1. The van der Waals surface area contributed by atoms with E-state index in [4.69, 9.17) is 4.74 Å². The van der Waals surface area contributed by atoms with E-state index in [1.807, 2.05) is 50.2 Å². The average Bonchev–Trinajstić information content (AvgIpc) is 3.69. The highest BCUT2D eigenvalue weighted by molar-refractivity contribution is 7.17. The molecule has 3 aliphatic heterocycles. The van der Waals surface area contributed by atoms with E-state index in [9.17, 15) is 19.2 Å². The van der Waals surface area contributed by atoms with E-state index < -0.39 is 18.2 Å². The number of benzene rings is 1. The summed E-state index contributed by atoms with van der Waals surface area (Å²) in [5.74, 6) is -0.295. The van der Waals surface area contributed by atoms with Crippen molar-refractivity contribution in [1.29, 1.82) is 0 Å². The van der Waals surface area contributed by atoms with Gasteiger partial charge in [0.15, 0.2) is 10.8 Å². The first-order chi connectivity index (χ1) is 18.3. The lowest BCUT2D eigenvalue weighted by atomic mass is 10.0. The summed E-state index contributed by atoms with van der Waals surface area (Å²) in [6.07, 6.45) is 2.21. The summed E-state index contributed by atoms with van der Waals surface area (Å²) in [5, 5.41) is 3.18. The molecule has 0 radical (unpaired) electrons. The van der Waals surface area contributed by atoms with Crippen LogP contribution in [0, 0.1) is 5.92 Å². The van der Waals surface area contributed by atoms with E-state index in [-0.39, 0.29) is 36.2 Å². The van der Waals surface area contributed by atoms with Crippen LogP contribution in [0.5, 0.6) is 5.06 Å². The number of urea groups is 1. The molecular formula is C28H34N4O5S. The largest absolute Gasteiger partial charge is 0.414 e. The first-order valence-electron chi connectivity index (χ1n) is 13.3. The minimum atomic E-state index is -0.828. The predicted molar refractivity (Wildman–Crippen MR) is 144 cm³/mol. The molecule has 5 rings (SSSR count). The van der Waals surface area contributed by atoms with Gasteiger partial charge in [0.1, 0.15) is 12.1 Å². The van der Waals surface area contributed by atoms with E-state index in [0.717, 1.165) is 23.3 Å². The minimum absolute atomic E-state index is 0.0287. The second-order valence-electron chi connectivity index (χ2n) is 10.6. The molecule has 3 aliphatic rings. The number of likely N-dealkylation sites (tertiary alicyclic amines) is 3. The molecule has 3 fully saturated rings. The van der Waals surface area contributed by atoms with Gasteiger partial charge in [-0.1, -0.05) is 55.5 Å². The molecule has 0 saturated carbocycles. The van der Waals surface area contributed by atoms with Gasteiger partial charge in [0.2, 0.25) is 5.91 Å². The quantitative estimate of drug-likeness (QED) is 0.600. The summed E-state index contributed by atoms with van der Waals surface area (Å²) in [7, 11) is 0. The van der Waals surface area contributed by atoms with Crippen molar-refractivity contribution in [3.05, 3.63) is 42.5 Å². The Balaban J connectivity index is 1.24. The average molecular weight is 539 g/mol. The fraction of sp³-hybridized carbons (Fsp3) is 0.500. The molecule has 202 valence electrons. The van der Waals surface area contributed by atoms with Gasteiger partial charge in [0.05, 0.1) is 12.6 Å². The van der Waals surface area contributed by atoms with Gasteiger partial charge >= 0.3 is 12.1 Å². The summed E-state index contributed by atoms with van der Waals surface area (Å²) in [4.78, 5) is 58.5. The Morgan fingerprint density at radius 2 is 1.76 bits per heavy atom. The maximum atomic E-state index is 13.7. The van der Waals surface area contributed by atoms with Crippen molar-refractivity contribution in [3.8, 4) is 15.5 Å². The number of ketones is 1. The number of hydrogen-bond acceptors (Lipinski definition) is 6. The van der Waals surface area contributed by atoms with Gasteiger partial charge in [-0.3, -0.25) is 9.59 Å². The molecule has 38 heavy (non-hydrogen) atoms. The minimum Gasteiger partial charge on any atom is -0.399 e. The molecule has 2 aromatic rings. The second kappa shape index (κ2) is 11.1. The lowest BCUT2D eigenvalue weighted by molar-refractivity contribution is -0.138. The number of rotatable bonds is 6. The Morgan fingerprint density at radius 1 is 1.03 bits per heavy atom. The van der Waals surface area contributed by atoms with Crippen molar-refractivity contribution in [2.24, 2.45) is 5.92 Å². The molecule has 1 aromatic heterocycles. The van der Waals surface area contributed by atoms with Gasteiger partial charge in [0, 0.05) is 24.5 Å². The first kappa shape index (κ1) is 26.2. The third kappa shape index (κ3) is 5.41. The summed E-state index contributed by atoms with van der Waals surface area (Å²) in [6.45, 7) is 5.78. The maximum absolute atomic E-state index is 13.7. The summed E-state index contributed by atoms with van der Waals surface area (Å²) in [6, 6.07) is 11.5. The molecule has 0 spiro atoms. The van der Waals surface area contributed by atoms with Crippen LogP contribution in [0.15, 0.2) is 42.5 Å². The second-order valence-corrected chi connectivity index (χ2v) is 11.7. The molecule has 10 heteroatoms. The Kier molecular flexibility index (Phi) is 7.69. The highest BCUT2D eigenvalue weighted by Crippen LogP contribution is 2.34. The first-order valence-corrected chi connectivity index (χ1v) is 14.2. The highest BCUT2D eigenvalue weighted by atomic mass is 32.1. The van der Waals surface area contributed by atoms with Gasteiger partial charge in [-0.05, 0) is 49.3 Å². The van der Waals surface area contributed by atoms with Gasteiger partial charge in [-0.15, -0.1) is 0 Å². The van der Waals surface area contributed by atoms with Crippen LogP contribution >= 0.6 is 11.3 Å². The molecule has 3 unspecified atom stereocenters. The van der Waals surface area contributed by atoms with Crippen molar-refractivity contribution < 1.29 is 23.9 Å². The number of carbonyl (C=O) groups is 4. The summed E-state index contributed by atoms with van der Waals surface area (Å²) < 4.78 is 5.53. The fourth-order valence-electron chi connectivity index (χ4n) is 5.70. The van der Waals surface area contributed by atoms with Crippen molar-refractivity contribution in [1.82, 2.24) is 20.0 Å². The zero-order chi connectivity index (χ0) is 26.8. The predicted octanol–water partition coefficient (Wildman–Crippen LogP) is 3.99. The van der Waals surface area contributed by atoms with Crippen molar-refractivity contribution >= 4 is 35.2 Å². The lowest BCUT2D eigenvalue weighted by Gasteiger charge is -2.29. The van der Waals surface area contributed by atoms with E-state index in [2.05, 4.69) is 5.32 Å². The van der Waals surface area contributed by atoms with Crippen molar-refractivity contribution in [2.45, 2.75) is 57.7 Å². The van der Waals surface area contributed by atoms with Crippen molar-refractivity contribution in [3.63, 3.8) is 0 Å². The maximum Gasteiger partial charge on any atom is 0.414 e. The van der Waals surface area contributed by atoms with Gasteiger partial charge in [-0.25, -0.2) is 9.59 Å². The zero-order valence-corrected chi connectivity index (χ0v) is 22.6. The van der Waals surface area contributed by atoms with E-state index in [0.29, 0.717) is 37.5 Å². The molecule has 3 atom stereocenters. The lowest BCUT2D eigenvalue weighted by Crippen LogP contribution is -2.53. The van der Waals surface area contributed by atoms with E-state index >= 15 is 0 Å². The van der Waals surface area contributed by atoms with E-state index in [1.54, 1.807) is 20.8 Å². The third-order valence-electron chi connectivity index (χ3n) is 7.46. The topological polar surface area (TPSA) is 99.3 Å². The normalized spacial score (nSPS) is 21.7. The number of Topliss-reactive ketones (excluding diaryl/α,β-unsaturated/α-hetero) is 1. The van der Waals surface area contributed by atoms with Crippen LogP contribution in [0.4, 0.5) is 9.59 Å². The molecular weight excluding hydrogens is 504 g/mol. The van der Waals surface area contributed by atoms with Crippen LogP contribution in [0.1, 0.15) is 39.5 Å².